The summed E-state index contributed by atoms with van der Waals surface area (Å²) in [5, 5.41) is 6.61. The summed E-state index contributed by atoms with van der Waals surface area (Å²) >= 11 is 7.36. The van der Waals surface area contributed by atoms with Crippen molar-refractivity contribution in [2.24, 2.45) is 5.92 Å². The smallest absolute Gasteiger partial charge is 0.256 e. The van der Waals surface area contributed by atoms with Gasteiger partial charge in [-0.3, -0.25) is 9.59 Å². The normalized spacial score (nSPS) is 15.1. The average molecular weight is 502 g/mol. The second-order valence-electron chi connectivity index (χ2n) is 8.17. The zero-order valence-corrected chi connectivity index (χ0v) is 20.4. The van der Waals surface area contributed by atoms with Crippen LogP contribution in [0.4, 0.5) is 15.3 Å². The third kappa shape index (κ3) is 5.20. The van der Waals surface area contributed by atoms with Gasteiger partial charge in [-0.05, 0) is 49.9 Å². The Hall–Kier alpha value is -3.04. The van der Waals surface area contributed by atoms with Gasteiger partial charge in [-0.15, -0.1) is 11.3 Å². The molecule has 34 heavy (non-hydrogen) atoms. The summed E-state index contributed by atoms with van der Waals surface area (Å²) in [6.45, 7) is 2.81. The third-order valence-electron chi connectivity index (χ3n) is 5.95. The summed E-state index contributed by atoms with van der Waals surface area (Å²) in [4.78, 5) is 37.4. The minimum atomic E-state index is -0.705. The fourth-order valence-electron chi connectivity index (χ4n) is 4.24. The average Bonchev–Trinajstić information content (AvgIpc) is 3.25. The molecular formula is C24H25ClFN5O2S. The number of nitrogens with one attached hydrogen (secondary N) is 2. The van der Waals surface area contributed by atoms with E-state index in [1.807, 2.05) is 25.1 Å². The molecule has 1 aliphatic rings. The lowest BCUT2D eigenvalue weighted by Gasteiger charge is -2.35. The number of anilines is 2. The van der Waals surface area contributed by atoms with Crippen LogP contribution in [0.25, 0.3) is 0 Å². The van der Waals surface area contributed by atoms with Crippen LogP contribution in [-0.2, 0) is 4.79 Å². The Balaban J connectivity index is 1.49. The van der Waals surface area contributed by atoms with Crippen LogP contribution in [0.15, 0.2) is 42.6 Å². The highest BCUT2D eigenvalue weighted by Gasteiger charge is 2.35. The largest absolute Gasteiger partial charge is 0.359 e. The van der Waals surface area contributed by atoms with Gasteiger partial charge in [0.2, 0.25) is 5.91 Å². The van der Waals surface area contributed by atoms with Gasteiger partial charge in [0, 0.05) is 31.2 Å². The van der Waals surface area contributed by atoms with E-state index >= 15 is 0 Å². The van der Waals surface area contributed by atoms with Crippen molar-refractivity contribution in [3.05, 3.63) is 69.6 Å². The summed E-state index contributed by atoms with van der Waals surface area (Å²) in [6, 6.07) is 9.96. The van der Waals surface area contributed by atoms with E-state index in [0.717, 1.165) is 10.0 Å². The van der Waals surface area contributed by atoms with Gasteiger partial charge in [-0.1, -0.05) is 23.7 Å². The molecule has 10 heteroatoms. The number of hydrogen-bond acceptors (Lipinski definition) is 6. The molecule has 1 aromatic carbocycles. The summed E-state index contributed by atoms with van der Waals surface area (Å²) in [5.41, 5.74) is 0.620. The van der Waals surface area contributed by atoms with Crippen LogP contribution < -0.4 is 10.6 Å². The number of amides is 2. The van der Waals surface area contributed by atoms with Crippen molar-refractivity contribution in [1.29, 1.82) is 0 Å². The Morgan fingerprint density at radius 2 is 1.94 bits per heavy atom. The number of likely N-dealkylation sites (N-methyl/N-ethyl adjacent to an activating group) is 1. The van der Waals surface area contributed by atoms with Crippen LogP contribution in [0.5, 0.6) is 0 Å². The molecule has 1 saturated heterocycles. The number of rotatable bonds is 6. The number of piperidine rings is 1. The van der Waals surface area contributed by atoms with E-state index < -0.39 is 17.6 Å². The minimum absolute atomic E-state index is 0.0157. The first kappa shape index (κ1) is 24.1. The van der Waals surface area contributed by atoms with Crippen LogP contribution in [0.2, 0.25) is 5.02 Å². The first-order chi connectivity index (χ1) is 16.4. The molecule has 0 spiro atoms. The van der Waals surface area contributed by atoms with E-state index in [4.69, 9.17) is 16.6 Å². The standard InChI is InChI=1S/C24H25ClFN5O2S/c1-14-13-28-24(34-14)30-19-8-4-7-18(29-19)20(22(32)27-2)15-9-11-31(12-10-15)23(33)16-5-3-6-17(25)21(16)26/h3-8,13,15,20H,9-12H2,1-2H3,(H,27,32)(H,28,29,30). The third-order valence-corrected chi connectivity index (χ3v) is 7.07. The first-order valence-corrected chi connectivity index (χ1v) is 12.2. The lowest BCUT2D eigenvalue weighted by molar-refractivity contribution is -0.123. The van der Waals surface area contributed by atoms with Crippen molar-refractivity contribution in [1.82, 2.24) is 20.2 Å². The fourth-order valence-corrected chi connectivity index (χ4v) is 5.08. The van der Waals surface area contributed by atoms with E-state index in [2.05, 4.69) is 15.6 Å². The second-order valence-corrected chi connectivity index (χ2v) is 9.81. The van der Waals surface area contributed by atoms with Gasteiger partial charge in [-0.25, -0.2) is 14.4 Å². The molecule has 4 rings (SSSR count). The van der Waals surface area contributed by atoms with Crippen LogP contribution in [0, 0.1) is 18.7 Å². The summed E-state index contributed by atoms with van der Waals surface area (Å²) in [6.07, 6.45) is 2.97. The van der Waals surface area contributed by atoms with Gasteiger partial charge in [-0.2, -0.15) is 0 Å². The molecule has 178 valence electrons. The van der Waals surface area contributed by atoms with E-state index in [1.54, 1.807) is 24.2 Å². The molecule has 1 fully saturated rings. The molecule has 2 amide bonds. The number of likely N-dealkylation sites (tertiary alicyclic amines) is 1. The molecule has 0 saturated carbocycles. The molecule has 1 unspecified atom stereocenters. The number of pyridine rings is 1. The van der Waals surface area contributed by atoms with Crippen LogP contribution in [0.3, 0.4) is 0 Å². The summed E-state index contributed by atoms with van der Waals surface area (Å²) in [5.74, 6) is -1.09. The molecule has 3 aromatic rings. The van der Waals surface area contributed by atoms with Gasteiger partial charge >= 0.3 is 0 Å². The lowest BCUT2D eigenvalue weighted by atomic mass is 9.81. The number of nitrogens with zero attached hydrogens (tertiary/aromatic N) is 3. The predicted molar refractivity (Wildman–Crippen MR) is 131 cm³/mol. The van der Waals surface area contributed by atoms with Crippen molar-refractivity contribution in [2.45, 2.75) is 25.7 Å². The van der Waals surface area contributed by atoms with Gasteiger partial charge in [0.1, 0.15) is 5.82 Å². The molecule has 0 aliphatic carbocycles. The molecule has 3 heterocycles. The Bertz CT molecular complexity index is 1200. The van der Waals surface area contributed by atoms with Crippen molar-refractivity contribution in [2.75, 3.05) is 25.5 Å². The highest BCUT2D eigenvalue weighted by Crippen LogP contribution is 2.34. The highest BCUT2D eigenvalue weighted by molar-refractivity contribution is 7.15. The van der Waals surface area contributed by atoms with E-state index in [9.17, 15) is 14.0 Å². The molecule has 2 aromatic heterocycles. The Morgan fingerprint density at radius 3 is 2.62 bits per heavy atom. The number of hydrogen-bond donors (Lipinski definition) is 2. The SMILES string of the molecule is CNC(=O)C(c1cccc(Nc2ncc(C)s2)n1)C1CCN(C(=O)c2cccc(Cl)c2F)CC1. The molecule has 2 N–H and O–H groups in total. The van der Waals surface area contributed by atoms with Crippen molar-refractivity contribution >= 4 is 45.7 Å². The van der Waals surface area contributed by atoms with E-state index in [0.29, 0.717) is 37.4 Å². The topological polar surface area (TPSA) is 87.2 Å². The molecule has 1 aliphatic heterocycles. The zero-order chi connectivity index (χ0) is 24.2. The number of benzene rings is 1. The predicted octanol–water partition coefficient (Wildman–Crippen LogP) is 4.76. The maximum atomic E-state index is 14.3. The monoisotopic (exact) mass is 501 g/mol. The second kappa shape index (κ2) is 10.5. The van der Waals surface area contributed by atoms with Gasteiger partial charge in [0.25, 0.3) is 5.91 Å². The van der Waals surface area contributed by atoms with Gasteiger partial charge < -0.3 is 15.5 Å². The number of halogens is 2. The number of thiazole rings is 1. The minimum Gasteiger partial charge on any atom is -0.359 e. The van der Waals surface area contributed by atoms with Crippen LogP contribution in [-0.4, -0.2) is 46.8 Å². The highest BCUT2D eigenvalue weighted by atomic mass is 35.5. The zero-order valence-electron chi connectivity index (χ0n) is 18.8. The lowest BCUT2D eigenvalue weighted by Crippen LogP contribution is -2.42. The Labute approximate surface area is 206 Å². The number of aryl methyl sites for hydroxylation is 1. The number of aromatic nitrogens is 2. The van der Waals surface area contributed by atoms with Crippen LogP contribution in [0.1, 0.15) is 39.7 Å². The number of carbonyl (C=O) groups excluding carboxylic acids is 2. The van der Waals surface area contributed by atoms with Crippen molar-refractivity contribution in [3.63, 3.8) is 0 Å². The molecule has 0 radical (unpaired) electrons. The molecule has 1 atom stereocenters. The molecule has 7 nitrogen and oxygen atoms in total. The Kier molecular flexibility index (Phi) is 7.43. The van der Waals surface area contributed by atoms with Gasteiger partial charge in [0.05, 0.1) is 22.2 Å². The molecule has 0 bridgehead atoms. The van der Waals surface area contributed by atoms with Crippen molar-refractivity contribution in [3.8, 4) is 0 Å². The quantitative estimate of drug-likeness (QED) is 0.508. The first-order valence-electron chi connectivity index (χ1n) is 11.0. The fraction of sp³-hybridized carbons (Fsp3) is 0.333. The maximum Gasteiger partial charge on any atom is 0.256 e. The Morgan fingerprint density at radius 1 is 1.21 bits per heavy atom. The maximum absolute atomic E-state index is 14.3. The molecular weight excluding hydrogens is 477 g/mol. The summed E-state index contributed by atoms with van der Waals surface area (Å²) in [7, 11) is 1.61. The number of carbonyl (C=O) groups is 2. The van der Waals surface area contributed by atoms with Crippen LogP contribution >= 0.6 is 22.9 Å². The van der Waals surface area contributed by atoms with E-state index in [-0.39, 0.29) is 22.4 Å². The summed E-state index contributed by atoms with van der Waals surface area (Å²) < 4.78 is 14.3. The van der Waals surface area contributed by atoms with Gasteiger partial charge in [0.15, 0.2) is 10.9 Å². The van der Waals surface area contributed by atoms with E-state index in [1.165, 1.54) is 23.5 Å². The van der Waals surface area contributed by atoms with Crippen molar-refractivity contribution < 1.29 is 14.0 Å².